The molecule has 0 saturated carbocycles. The van der Waals surface area contributed by atoms with Gasteiger partial charge in [-0.1, -0.05) is 25.1 Å². The number of nitrogens with zero attached hydrogens (tertiary/aromatic N) is 1. The van der Waals surface area contributed by atoms with Gasteiger partial charge >= 0.3 is 5.97 Å². The second kappa shape index (κ2) is 6.95. The number of carboxylic acids is 1. The van der Waals surface area contributed by atoms with Crippen molar-refractivity contribution in [3.63, 3.8) is 0 Å². The van der Waals surface area contributed by atoms with Gasteiger partial charge in [0.2, 0.25) is 5.43 Å². The van der Waals surface area contributed by atoms with Crippen molar-refractivity contribution in [1.29, 1.82) is 0 Å². The van der Waals surface area contributed by atoms with Crippen LogP contribution in [-0.2, 0) is 0 Å². The van der Waals surface area contributed by atoms with E-state index in [1.807, 2.05) is 13.8 Å². The van der Waals surface area contributed by atoms with Crippen LogP contribution in [0.25, 0.3) is 11.1 Å². The normalized spacial score (nSPS) is 12.4. The first-order valence-corrected chi connectivity index (χ1v) is 7.65. The molecule has 1 N–H and O–H groups in total. The first-order chi connectivity index (χ1) is 11.3. The summed E-state index contributed by atoms with van der Waals surface area (Å²) in [7, 11) is 0. The van der Waals surface area contributed by atoms with Gasteiger partial charge in [-0.2, -0.15) is 0 Å². The predicted molar refractivity (Wildman–Crippen MR) is 87.8 cm³/mol. The Morgan fingerprint density at radius 1 is 1.33 bits per heavy atom. The highest BCUT2D eigenvalue weighted by Gasteiger charge is 2.21. The van der Waals surface area contributed by atoms with Crippen molar-refractivity contribution in [2.45, 2.75) is 39.7 Å². The lowest BCUT2D eigenvalue weighted by molar-refractivity contribution is 0.0694. The van der Waals surface area contributed by atoms with Gasteiger partial charge in [0.1, 0.15) is 5.56 Å². The third-order valence-electron chi connectivity index (χ3n) is 4.21. The zero-order chi connectivity index (χ0) is 18.0. The summed E-state index contributed by atoms with van der Waals surface area (Å²) >= 11 is 0. The van der Waals surface area contributed by atoms with Crippen LogP contribution >= 0.6 is 0 Å². The topological polar surface area (TPSA) is 59.3 Å². The number of benzene rings is 1. The number of hydrogen-bond donors (Lipinski definition) is 1. The Balaban J connectivity index is 2.82. The van der Waals surface area contributed by atoms with Gasteiger partial charge in [0.05, 0.1) is 0 Å². The van der Waals surface area contributed by atoms with E-state index in [1.54, 1.807) is 17.6 Å². The molecule has 1 aromatic carbocycles. The minimum atomic E-state index is -2.66. The number of aromatic nitrogens is 1. The van der Waals surface area contributed by atoms with Crippen LogP contribution < -0.4 is 5.43 Å². The van der Waals surface area contributed by atoms with Gasteiger partial charge in [0.15, 0.2) is 0 Å². The third kappa shape index (κ3) is 3.22. The second-order valence-corrected chi connectivity index (χ2v) is 5.73. The van der Waals surface area contributed by atoms with E-state index in [4.69, 9.17) is 0 Å². The minimum absolute atomic E-state index is 0.0271. The maximum absolute atomic E-state index is 13.0. The van der Waals surface area contributed by atoms with Gasteiger partial charge in [-0.25, -0.2) is 13.6 Å². The molecule has 0 amide bonds. The van der Waals surface area contributed by atoms with E-state index < -0.39 is 17.8 Å². The van der Waals surface area contributed by atoms with Gasteiger partial charge in [0.25, 0.3) is 6.43 Å². The molecule has 6 heteroatoms. The summed E-state index contributed by atoms with van der Waals surface area (Å²) in [5.41, 5.74) is -0.217. The van der Waals surface area contributed by atoms with Crippen LogP contribution in [0, 0.1) is 6.92 Å². The standard InChI is InChI=1S/C18H19F2NO3/c1-4-10(2)21-9-14(18(23)24)16(22)15(11(21)3)12-6-5-7-13(8-12)17(19)20/h5-10,17H,4H2,1-3H3,(H,23,24)/t10-/m0/s1. The van der Waals surface area contributed by atoms with Crippen LogP contribution in [0.1, 0.15) is 54.4 Å². The molecule has 1 aromatic heterocycles. The van der Waals surface area contributed by atoms with Crippen LogP contribution in [0.4, 0.5) is 8.78 Å². The molecule has 0 aliphatic rings. The maximum Gasteiger partial charge on any atom is 0.341 e. The average molecular weight is 335 g/mol. The van der Waals surface area contributed by atoms with E-state index >= 15 is 0 Å². The molecule has 0 aliphatic heterocycles. The summed E-state index contributed by atoms with van der Waals surface area (Å²) < 4.78 is 27.6. The van der Waals surface area contributed by atoms with Crippen LogP contribution in [0.3, 0.4) is 0 Å². The van der Waals surface area contributed by atoms with Crippen molar-refractivity contribution in [3.8, 4) is 11.1 Å². The van der Waals surface area contributed by atoms with Crippen molar-refractivity contribution in [3.05, 3.63) is 57.5 Å². The molecular formula is C18H19F2NO3. The highest BCUT2D eigenvalue weighted by molar-refractivity contribution is 5.89. The van der Waals surface area contributed by atoms with Gasteiger partial charge in [-0.05, 0) is 31.9 Å². The summed E-state index contributed by atoms with van der Waals surface area (Å²) in [5.74, 6) is -1.33. The van der Waals surface area contributed by atoms with Gasteiger partial charge < -0.3 is 9.67 Å². The molecule has 0 fully saturated rings. The van der Waals surface area contributed by atoms with Gasteiger partial charge in [-0.15, -0.1) is 0 Å². The quantitative estimate of drug-likeness (QED) is 0.879. The zero-order valence-electron chi connectivity index (χ0n) is 13.7. The third-order valence-corrected chi connectivity index (χ3v) is 4.21. The van der Waals surface area contributed by atoms with E-state index in [1.165, 1.54) is 24.4 Å². The Kier molecular flexibility index (Phi) is 5.17. The highest BCUT2D eigenvalue weighted by Crippen LogP contribution is 2.27. The van der Waals surface area contributed by atoms with Crippen LogP contribution in [-0.4, -0.2) is 15.6 Å². The van der Waals surface area contributed by atoms with Crippen LogP contribution in [0.2, 0.25) is 0 Å². The summed E-state index contributed by atoms with van der Waals surface area (Å²) in [6.07, 6.45) is -0.599. The van der Waals surface area contributed by atoms with E-state index in [9.17, 15) is 23.5 Å². The Morgan fingerprint density at radius 3 is 2.54 bits per heavy atom. The summed E-state index contributed by atoms with van der Waals surface area (Å²) in [4.78, 5) is 24.0. The molecule has 0 spiro atoms. The second-order valence-electron chi connectivity index (χ2n) is 5.73. The van der Waals surface area contributed by atoms with Gasteiger partial charge in [-0.3, -0.25) is 4.79 Å². The Labute approximate surface area is 138 Å². The molecule has 128 valence electrons. The number of rotatable bonds is 5. The largest absolute Gasteiger partial charge is 0.477 e. The summed E-state index contributed by atoms with van der Waals surface area (Å²) in [6, 6.07) is 5.47. The minimum Gasteiger partial charge on any atom is -0.477 e. The average Bonchev–Trinajstić information content (AvgIpc) is 2.54. The number of halogens is 2. The monoisotopic (exact) mass is 335 g/mol. The van der Waals surface area contributed by atoms with Crippen LogP contribution in [0.15, 0.2) is 35.3 Å². The number of carbonyl (C=O) groups is 1. The number of carboxylic acid groups (broad SMARTS) is 1. The van der Waals surface area contributed by atoms with Crippen molar-refractivity contribution >= 4 is 5.97 Å². The molecule has 4 nitrogen and oxygen atoms in total. The molecule has 1 heterocycles. The fraction of sp³-hybridized carbons (Fsp3) is 0.333. The fourth-order valence-electron chi connectivity index (χ4n) is 2.70. The molecule has 2 aromatic rings. The molecule has 0 aliphatic carbocycles. The van der Waals surface area contributed by atoms with E-state index in [0.717, 1.165) is 6.42 Å². The number of hydrogen-bond acceptors (Lipinski definition) is 2. The SMILES string of the molecule is CC[C@H](C)n1cc(C(=O)O)c(=O)c(-c2cccc(C(F)F)c2)c1C. The number of pyridine rings is 1. The zero-order valence-corrected chi connectivity index (χ0v) is 13.7. The molecule has 0 radical (unpaired) electrons. The molecule has 2 rings (SSSR count). The Morgan fingerprint density at radius 2 is 2.00 bits per heavy atom. The van der Waals surface area contributed by atoms with E-state index in [0.29, 0.717) is 11.3 Å². The van der Waals surface area contributed by atoms with Crippen molar-refractivity contribution in [2.24, 2.45) is 0 Å². The molecule has 24 heavy (non-hydrogen) atoms. The first-order valence-electron chi connectivity index (χ1n) is 7.65. The molecule has 0 bridgehead atoms. The molecule has 0 unspecified atom stereocenters. The number of aromatic carboxylic acids is 1. The van der Waals surface area contributed by atoms with E-state index in [2.05, 4.69) is 0 Å². The summed E-state index contributed by atoms with van der Waals surface area (Å²) in [5, 5.41) is 9.32. The fourth-order valence-corrected chi connectivity index (χ4v) is 2.70. The lowest BCUT2D eigenvalue weighted by Gasteiger charge is -2.21. The van der Waals surface area contributed by atoms with E-state index in [-0.39, 0.29) is 22.7 Å². The van der Waals surface area contributed by atoms with Crippen molar-refractivity contribution in [1.82, 2.24) is 4.57 Å². The molecule has 1 atom stereocenters. The predicted octanol–water partition coefficient (Wildman–Crippen LogP) is 4.43. The number of alkyl halides is 2. The Bertz CT molecular complexity index is 827. The summed E-state index contributed by atoms with van der Waals surface area (Å²) in [6.45, 7) is 5.55. The first kappa shape index (κ1) is 17.8. The lowest BCUT2D eigenvalue weighted by atomic mass is 9.98. The highest BCUT2D eigenvalue weighted by atomic mass is 19.3. The van der Waals surface area contributed by atoms with Crippen molar-refractivity contribution < 1.29 is 18.7 Å². The van der Waals surface area contributed by atoms with Gasteiger partial charge in [0, 0.05) is 29.1 Å². The lowest BCUT2D eigenvalue weighted by Crippen LogP contribution is -2.23. The van der Waals surface area contributed by atoms with Crippen molar-refractivity contribution in [2.75, 3.05) is 0 Å². The smallest absolute Gasteiger partial charge is 0.341 e. The molecule has 0 saturated heterocycles. The molecular weight excluding hydrogens is 316 g/mol. The van der Waals surface area contributed by atoms with Crippen LogP contribution in [0.5, 0.6) is 0 Å². The maximum atomic E-state index is 13.0. The Hall–Kier alpha value is -2.50.